The Kier molecular flexibility index (Phi) is 6.20. The van der Waals surface area contributed by atoms with Crippen LogP contribution in [-0.4, -0.2) is 42.8 Å². The fraction of sp³-hybridized carbons (Fsp3) is 0.286. The maximum Gasteiger partial charge on any atom is 0.345 e. The molecule has 27 heavy (non-hydrogen) atoms. The Morgan fingerprint density at radius 1 is 1.00 bits per heavy atom. The second kappa shape index (κ2) is 8.98. The van der Waals surface area contributed by atoms with Crippen molar-refractivity contribution in [3.05, 3.63) is 65.7 Å². The molecular formula is C21H21NO5. The molecule has 2 aromatic rings. The van der Waals surface area contributed by atoms with Crippen LogP contribution in [0.2, 0.25) is 0 Å². The van der Waals surface area contributed by atoms with Crippen LogP contribution in [0.25, 0.3) is 0 Å². The first-order valence-electron chi connectivity index (χ1n) is 8.88. The van der Waals surface area contributed by atoms with Gasteiger partial charge in [-0.15, -0.1) is 0 Å². The minimum atomic E-state index is -0.974. The number of likely N-dealkylation sites (tertiary alicyclic amines) is 1. The van der Waals surface area contributed by atoms with Crippen molar-refractivity contribution in [1.29, 1.82) is 0 Å². The van der Waals surface area contributed by atoms with E-state index in [1.165, 1.54) is 0 Å². The largest absolute Gasteiger partial charge is 0.482 e. The summed E-state index contributed by atoms with van der Waals surface area (Å²) in [4.78, 5) is 37.5. The van der Waals surface area contributed by atoms with Crippen LogP contribution in [0, 0.1) is 0 Å². The van der Waals surface area contributed by atoms with Crippen LogP contribution < -0.4 is 4.74 Å². The quantitative estimate of drug-likeness (QED) is 0.556. The molecular weight excluding hydrogens is 346 g/mol. The summed E-state index contributed by atoms with van der Waals surface area (Å²) in [5.41, 5.74) is 1.16. The summed E-state index contributed by atoms with van der Waals surface area (Å²) in [5, 5.41) is 0. The van der Waals surface area contributed by atoms with Gasteiger partial charge in [-0.25, -0.2) is 4.79 Å². The molecule has 0 radical (unpaired) electrons. The molecule has 0 N–H and O–H groups in total. The van der Waals surface area contributed by atoms with Gasteiger partial charge < -0.3 is 14.4 Å². The van der Waals surface area contributed by atoms with Crippen LogP contribution in [0.4, 0.5) is 0 Å². The molecule has 140 valence electrons. The van der Waals surface area contributed by atoms with E-state index < -0.39 is 12.1 Å². The SMILES string of the molecule is O=Cc1ccc(OCC(=O)O[C@H](C(=O)N2CCCC2)c2ccccc2)cc1. The van der Waals surface area contributed by atoms with Gasteiger partial charge in [0.25, 0.3) is 5.91 Å². The van der Waals surface area contributed by atoms with Crippen molar-refractivity contribution in [2.24, 2.45) is 0 Å². The Morgan fingerprint density at radius 2 is 1.67 bits per heavy atom. The molecule has 1 aliphatic rings. The first-order valence-corrected chi connectivity index (χ1v) is 8.88. The lowest BCUT2D eigenvalue weighted by Crippen LogP contribution is -2.35. The standard InChI is InChI=1S/C21H21NO5/c23-14-16-8-10-18(11-9-16)26-15-19(24)27-20(17-6-2-1-3-7-17)21(25)22-12-4-5-13-22/h1-3,6-11,14,20H,4-5,12-13,15H2/t20-/m0/s1. The minimum Gasteiger partial charge on any atom is -0.482 e. The normalized spacial score (nSPS) is 14.4. The second-order valence-electron chi connectivity index (χ2n) is 6.29. The Balaban J connectivity index is 1.64. The number of rotatable bonds is 7. The van der Waals surface area contributed by atoms with E-state index >= 15 is 0 Å². The molecule has 1 heterocycles. The van der Waals surface area contributed by atoms with Gasteiger partial charge in [0.05, 0.1) is 0 Å². The number of amides is 1. The predicted molar refractivity (Wildman–Crippen MR) is 98.4 cm³/mol. The molecule has 6 heteroatoms. The summed E-state index contributed by atoms with van der Waals surface area (Å²) in [7, 11) is 0. The lowest BCUT2D eigenvalue weighted by atomic mass is 10.1. The van der Waals surface area contributed by atoms with Crippen molar-refractivity contribution in [2.45, 2.75) is 18.9 Å². The summed E-state index contributed by atoms with van der Waals surface area (Å²) in [6, 6.07) is 15.4. The van der Waals surface area contributed by atoms with E-state index in [1.807, 2.05) is 6.07 Å². The molecule has 6 nitrogen and oxygen atoms in total. The van der Waals surface area contributed by atoms with Crippen LogP contribution >= 0.6 is 0 Å². The molecule has 1 fully saturated rings. The average Bonchev–Trinajstić information content (AvgIpc) is 3.26. The molecule has 1 amide bonds. The van der Waals surface area contributed by atoms with Gasteiger partial charge in [0, 0.05) is 24.2 Å². The maximum atomic E-state index is 12.8. The Labute approximate surface area is 157 Å². The van der Waals surface area contributed by atoms with E-state index in [-0.39, 0.29) is 12.5 Å². The molecule has 0 unspecified atom stereocenters. The van der Waals surface area contributed by atoms with Gasteiger partial charge in [0.15, 0.2) is 6.61 Å². The van der Waals surface area contributed by atoms with Crippen LogP contribution in [0.15, 0.2) is 54.6 Å². The molecule has 0 aromatic heterocycles. The molecule has 2 aromatic carbocycles. The third-order valence-electron chi connectivity index (χ3n) is 4.37. The van der Waals surface area contributed by atoms with Gasteiger partial charge in [0.2, 0.25) is 6.10 Å². The number of hydrogen-bond donors (Lipinski definition) is 0. The van der Waals surface area contributed by atoms with Gasteiger partial charge >= 0.3 is 5.97 Å². The van der Waals surface area contributed by atoms with E-state index in [9.17, 15) is 14.4 Å². The third kappa shape index (κ3) is 4.94. The lowest BCUT2D eigenvalue weighted by molar-refractivity contribution is -0.162. The molecule has 0 bridgehead atoms. The Hall–Kier alpha value is -3.15. The number of esters is 1. The molecule has 1 atom stereocenters. The summed E-state index contributed by atoms with van der Waals surface area (Å²) >= 11 is 0. The van der Waals surface area contributed by atoms with E-state index in [4.69, 9.17) is 9.47 Å². The molecule has 0 saturated carbocycles. The highest BCUT2D eigenvalue weighted by Crippen LogP contribution is 2.23. The topological polar surface area (TPSA) is 72.9 Å². The van der Waals surface area contributed by atoms with E-state index in [0.717, 1.165) is 19.1 Å². The van der Waals surface area contributed by atoms with Crippen LogP contribution in [0.5, 0.6) is 5.75 Å². The highest BCUT2D eigenvalue weighted by molar-refractivity contribution is 5.85. The monoisotopic (exact) mass is 367 g/mol. The summed E-state index contributed by atoms with van der Waals surface area (Å²) in [5.74, 6) is -0.391. The number of benzene rings is 2. The highest BCUT2D eigenvalue weighted by atomic mass is 16.6. The zero-order valence-electron chi connectivity index (χ0n) is 14.9. The van der Waals surface area contributed by atoms with Gasteiger partial charge in [-0.3, -0.25) is 9.59 Å². The Bertz CT molecular complexity index is 782. The number of carbonyl (C=O) groups excluding carboxylic acids is 3. The zero-order chi connectivity index (χ0) is 19.1. The van der Waals surface area contributed by atoms with Gasteiger partial charge in [0.1, 0.15) is 12.0 Å². The number of ether oxygens (including phenoxy) is 2. The van der Waals surface area contributed by atoms with Crippen LogP contribution in [-0.2, 0) is 14.3 Å². The average molecular weight is 367 g/mol. The van der Waals surface area contributed by atoms with Crippen molar-refractivity contribution >= 4 is 18.2 Å². The van der Waals surface area contributed by atoms with Gasteiger partial charge in [-0.1, -0.05) is 30.3 Å². The fourth-order valence-corrected chi connectivity index (χ4v) is 2.94. The fourth-order valence-electron chi connectivity index (χ4n) is 2.94. The molecule has 0 spiro atoms. The second-order valence-corrected chi connectivity index (χ2v) is 6.29. The highest BCUT2D eigenvalue weighted by Gasteiger charge is 2.30. The van der Waals surface area contributed by atoms with Crippen LogP contribution in [0.3, 0.4) is 0 Å². The van der Waals surface area contributed by atoms with Crippen molar-refractivity contribution < 1.29 is 23.9 Å². The van der Waals surface area contributed by atoms with E-state index in [2.05, 4.69) is 0 Å². The van der Waals surface area contributed by atoms with Crippen LogP contribution in [0.1, 0.15) is 34.9 Å². The van der Waals surface area contributed by atoms with Crippen molar-refractivity contribution in [3.63, 3.8) is 0 Å². The number of aldehydes is 1. The Morgan fingerprint density at radius 3 is 2.30 bits per heavy atom. The zero-order valence-corrected chi connectivity index (χ0v) is 14.9. The molecule has 1 aliphatic heterocycles. The summed E-state index contributed by atoms with van der Waals surface area (Å²) < 4.78 is 10.9. The maximum absolute atomic E-state index is 12.8. The third-order valence-corrected chi connectivity index (χ3v) is 4.37. The van der Waals surface area contributed by atoms with Crippen molar-refractivity contribution in [1.82, 2.24) is 4.90 Å². The smallest absolute Gasteiger partial charge is 0.345 e. The first-order chi connectivity index (χ1) is 13.2. The van der Waals surface area contributed by atoms with Crippen molar-refractivity contribution in [3.8, 4) is 5.75 Å². The molecule has 1 saturated heterocycles. The minimum absolute atomic E-state index is 0.206. The number of carbonyl (C=O) groups is 3. The first kappa shape index (κ1) is 18.6. The number of nitrogens with zero attached hydrogens (tertiary/aromatic N) is 1. The summed E-state index contributed by atoms with van der Waals surface area (Å²) in [6.45, 7) is 1.04. The van der Waals surface area contributed by atoms with E-state index in [1.54, 1.807) is 53.4 Å². The van der Waals surface area contributed by atoms with Gasteiger partial charge in [-0.2, -0.15) is 0 Å². The predicted octanol–water partition coefficient (Wildman–Crippen LogP) is 2.78. The molecule has 0 aliphatic carbocycles. The lowest BCUT2D eigenvalue weighted by Gasteiger charge is -2.23. The van der Waals surface area contributed by atoms with Crippen molar-refractivity contribution in [2.75, 3.05) is 19.7 Å². The molecule has 3 rings (SSSR count). The summed E-state index contributed by atoms with van der Waals surface area (Å²) in [6.07, 6.45) is 1.67. The number of hydrogen-bond acceptors (Lipinski definition) is 5. The van der Waals surface area contributed by atoms with Gasteiger partial charge in [-0.05, 0) is 37.1 Å². The van der Waals surface area contributed by atoms with E-state index in [0.29, 0.717) is 30.0 Å².